The summed E-state index contributed by atoms with van der Waals surface area (Å²) in [6.07, 6.45) is 4.53. The van der Waals surface area contributed by atoms with E-state index in [4.69, 9.17) is 4.74 Å². The lowest BCUT2D eigenvalue weighted by atomic mass is 9.80. The minimum atomic E-state index is -0.433. The first-order valence-corrected chi connectivity index (χ1v) is 9.70. The number of likely N-dealkylation sites (tertiary alicyclic amines) is 1. The highest BCUT2D eigenvalue weighted by atomic mass is 16.5. The van der Waals surface area contributed by atoms with Crippen molar-refractivity contribution in [1.82, 2.24) is 25.0 Å². The molecule has 1 N–H and O–H groups in total. The van der Waals surface area contributed by atoms with E-state index in [1.165, 1.54) is 0 Å². The van der Waals surface area contributed by atoms with Crippen molar-refractivity contribution in [3.8, 4) is 0 Å². The van der Waals surface area contributed by atoms with E-state index in [0.717, 1.165) is 44.0 Å². The number of pyridine rings is 1. The average Bonchev–Trinajstić information content (AvgIpc) is 3.37. The van der Waals surface area contributed by atoms with Crippen LogP contribution in [0.3, 0.4) is 0 Å². The van der Waals surface area contributed by atoms with Gasteiger partial charge in [0.1, 0.15) is 0 Å². The standard InChI is InChI=1S/C20H27N5O2/c1-2-25-10-7-18(23-25)12-24-11-16-13-27-15-20(16,14-24)19(26)22-9-6-17-5-3-4-8-21-17/h3-5,7-8,10,16H,2,6,9,11-15H2,1H3,(H,22,26)/t16-,20-/m1/s1. The van der Waals surface area contributed by atoms with Crippen molar-refractivity contribution in [2.24, 2.45) is 11.3 Å². The molecule has 0 aliphatic carbocycles. The van der Waals surface area contributed by atoms with Crippen molar-refractivity contribution < 1.29 is 9.53 Å². The summed E-state index contributed by atoms with van der Waals surface area (Å²) in [4.78, 5) is 19.7. The molecule has 2 aliphatic heterocycles. The van der Waals surface area contributed by atoms with Crippen molar-refractivity contribution in [1.29, 1.82) is 0 Å². The molecule has 0 saturated carbocycles. The Hall–Kier alpha value is -2.25. The second-order valence-corrected chi connectivity index (χ2v) is 7.53. The zero-order valence-electron chi connectivity index (χ0n) is 15.8. The Morgan fingerprint density at radius 1 is 1.37 bits per heavy atom. The summed E-state index contributed by atoms with van der Waals surface area (Å²) in [6, 6.07) is 7.92. The van der Waals surface area contributed by atoms with Crippen LogP contribution in [-0.4, -0.2) is 58.4 Å². The molecule has 0 bridgehead atoms. The third kappa shape index (κ3) is 3.75. The van der Waals surface area contributed by atoms with Crippen molar-refractivity contribution in [3.63, 3.8) is 0 Å². The molecule has 7 heteroatoms. The van der Waals surface area contributed by atoms with E-state index in [-0.39, 0.29) is 11.8 Å². The first kappa shape index (κ1) is 18.1. The van der Waals surface area contributed by atoms with Crippen LogP contribution in [0, 0.1) is 11.3 Å². The summed E-state index contributed by atoms with van der Waals surface area (Å²) < 4.78 is 7.64. The molecule has 2 aliphatic rings. The molecular formula is C20H27N5O2. The van der Waals surface area contributed by atoms with Gasteiger partial charge in [0, 0.05) is 63.2 Å². The fourth-order valence-corrected chi connectivity index (χ4v) is 4.20. The van der Waals surface area contributed by atoms with Crippen LogP contribution in [0.25, 0.3) is 0 Å². The number of fused-ring (bicyclic) bond motifs is 1. The SMILES string of the molecule is CCn1ccc(CN2C[C@@H]3COC[C@]3(C(=O)NCCc3ccccn3)C2)n1. The molecule has 144 valence electrons. The molecule has 7 nitrogen and oxygen atoms in total. The van der Waals surface area contributed by atoms with E-state index in [1.807, 2.05) is 29.1 Å². The summed E-state index contributed by atoms with van der Waals surface area (Å²) in [6.45, 7) is 7.12. The Labute approximate surface area is 159 Å². The molecule has 0 radical (unpaired) electrons. The molecule has 2 atom stereocenters. The second-order valence-electron chi connectivity index (χ2n) is 7.53. The van der Waals surface area contributed by atoms with Crippen LogP contribution in [0.1, 0.15) is 18.3 Å². The highest BCUT2D eigenvalue weighted by Crippen LogP contribution is 2.41. The Kier molecular flexibility index (Phi) is 5.22. The number of hydrogen-bond donors (Lipinski definition) is 1. The van der Waals surface area contributed by atoms with Gasteiger partial charge < -0.3 is 10.1 Å². The number of aromatic nitrogens is 3. The lowest BCUT2D eigenvalue weighted by Gasteiger charge is -2.26. The fourth-order valence-electron chi connectivity index (χ4n) is 4.20. The van der Waals surface area contributed by atoms with Gasteiger partial charge in [0.05, 0.1) is 24.3 Å². The summed E-state index contributed by atoms with van der Waals surface area (Å²) in [5, 5.41) is 7.70. The van der Waals surface area contributed by atoms with Gasteiger partial charge in [-0.15, -0.1) is 0 Å². The number of hydrogen-bond acceptors (Lipinski definition) is 5. The average molecular weight is 369 g/mol. The minimum absolute atomic E-state index is 0.113. The van der Waals surface area contributed by atoms with Crippen LogP contribution in [0.15, 0.2) is 36.7 Å². The first-order chi connectivity index (χ1) is 13.2. The number of carbonyl (C=O) groups is 1. The number of aryl methyl sites for hydroxylation is 1. The predicted octanol–water partition coefficient (Wildman–Crippen LogP) is 1.11. The predicted molar refractivity (Wildman–Crippen MR) is 101 cm³/mol. The van der Waals surface area contributed by atoms with Gasteiger partial charge in [-0.05, 0) is 25.1 Å². The minimum Gasteiger partial charge on any atom is -0.380 e. The van der Waals surface area contributed by atoms with Gasteiger partial charge in [0.15, 0.2) is 0 Å². The van der Waals surface area contributed by atoms with Gasteiger partial charge >= 0.3 is 0 Å². The molecule has 0 spiro atoms. The van der Waals surface area contributed by atoms with Crippen LogP contribution in [0.5, 0.6) is 0 Å². The van der Waals surface area contributed by atoms with Crippen molar-refractivity contribution >= 4 is 5.91 Å². The Morgan fingerprint density at radius 2 is 2.30 bits per heavy atom. The topological polar surface area (TPSA) is 72.3 Å². The second kappa shape index (κ2) is 7.78. The van der Waals surface area contributed by atoms with E-state index in [9.17, 15) is 4.79 Å². The van der Waals surface area contributed by atoms with Crippen LogP contribution in [-0.2, 0) is 29.0 Å². The lowest BCUT2D eigenvalue weighted by molar-refractivity contribution is -0.131. The molecule has 4 heterocycles. The maximum absolute atomic E-state index is 13.0. The molecule has 1 amide bonds. The van der Waals surface area contributed by atoms with Gasteiger partial charge in [-0.25, -0.2) is 0 Å². The zero-order valence-corrected chi connectivity index (χ0v) is 15.8. The van der Waals surface area contributed by atoms with Gasteiger partial charge in [-0.1, -0.05) is 6.07 Å². The third-order valence-corrected chi connectivity index (χ3v) is 5.70. The number of amides is 1. The van der Waals surface area contributed by atoms with E-state index < -0.39 is 5.41 Å². The largest absolute Gasteiger partial charge is 0.380 e. The summed E-state index contributed by atoms with van der Waals surface area (Å²) in [7, 11) is 0. The summed E-state index contributed by atoms with van der Waals surface area (Å²) in [5.74, 6) is 0.364. The van der Waals surface area contributed by atoms with Gasteiger partial charge in [-0.3, -0.25) is 19.4 Å². The third-order valence-electron chi connectivity index (χ3n) is 5.70. The van der Waals surface area contributed by atoms with Gasteiger partial charge in [0.25, 0.3) is 0 Å². The Balaban J connectivity index is 1.36. The number of nitrogens with zero attached hydrogens (tertiary/aromatic N) is 4. The molecule has 2 aromatic heterocycles. The van der Waals surface area contributed by atoms with Crippen LogP contribution in [0.4, 0.5) is 0 Å². The smallest absolute Gasteiger partial charge is 0.230 e. The molecule has 0 aromatic carbocycles. The van der Waals surface area contributed by atoms with Crippen LogP contribution in [0.2, 0.25) is 0 Å². The summed E-state index contributed by atoms with van der Waals surface area (Å²) >= 11 is 0. The molecule has 4 rings (SSSR count). The lowest BCUT2D eigenvalue weighted by Crippen LogP contribution is -2.47. The normalized spacial score (nSPS) is 24.9. The van der Waals surface area contributed by atoms with E-state index in [0.29, 0.717) is 19.8 Å². The first-order valence-electron chi connectivity index (χ1n) is 9.70. The highest BCUT2D eigenvalue weighted by molar-refractivity contribution is 5.84. The van der Waals surface area contributed by atoms with E-state index in [1.54, 1.807) is 6.20 Å². The van der Waals surface area contributed by atoms with Crippen molar-refractivity contribution in [2.45, 2.75) is 26.4 Å². The maximum atomic E-state index is 13.0. The van der Waals surface area contributed by atoms with Crippen molar-refractivity contribution in [3.05, 3.63) is 48.0 Å². The van der Waals surface area contributed by atoms with Gasteiger partial charge in [0.2, 0.25) is 5.91 Å². The fraction of sp³-hybridized carbons (Fsp3) is 0.550. The monoisotopic (exact) mass is 369 g/mol. The Morgan fingerprint density at radius 3 is 3.07 bits per heavy atom. The molecule has 0 unspecified atom stereocenters. The van der Waals surface area contributed by atoms with Gasteiger partial charge in [-0.2, -0.15) is 5.10 Å². The van der Waals surface area contributed by atoms with Crippen molar-refractivity contribution in [2.75, 3.05) is 32.8 Å². The molecule has 2 saturated heterocycles. The zero-order chi connectivity index (χ0) is 18.7. The highest BCUT2D eigenvalue weighted by Gasteiger charge is 2.55. The quantitative estimate of drug-likeness (QED) is 0.791. The van der Waals surface area contributed by atoms with E-state index in [2.05, 4.69) is 33.3 Å². The Bertz CT molecular complexity index is 778. The number of carbonyl (C=O) groups excluding carboxylic acids is 1. The summed E-state index contributed by atoms with van der Waals surface area (Å²) in [5.41, 5.74) is 1.62. The molecule has 2 fully saturated rings. The van der Waals surface area contributed by atoms with Crippen LogP contribution >= 0.6 is 0 Å². The van der Waals surface area contributed by atoms with Crippen LogP contribution < -0.4 is 5.32 Å². The molecule has 2 aromatic rings. The maximum Gasteiger partial charge on any atom is 0.230 e. The number of rotatable bonds is 7. The van der Waals surface area contributed by atoms with E-state index >= 15 is 0 Å². The molecule has 27 heavy (non-hydrogen) atoms. The number of nitrogens with one attached hydrogen (secondary N) is 1. The number of ether oxygens (including phenoxy) is 1. The molecular weight excluding hydrogens is 342 g/mol.